The molecule has 1 spiro atoms. The van der Waals surface area contributed by atoms with E-state index in [0.29, 0.717) is 17.9 Å². The van der Waals surface area contributed by atoms with Crippen LogP contribution in [0, 0.1) is 11.8 Å². The van der Waals surface area contributed by atoms with Crippen molar-refractivity contribution in [1.82, 2.24) is 0 Å². The van der Waals surface area contributed by atoms with Gasteiger partial charge in [0.25, 0.3) is 0 Å². The summed E-state index contributed by atoms with van der Waals surface area (Å²) in [5.41, 5.74) is 6.74. The molecule has 0 amide bonds. The fourth-order valence-electron chi connectivity index (χ4n) is 3.98. The first kappa shape index (κ1) is 13.4. The van der Waals surface area contributed by atoms with E-state index in [2.05, 4.69) is 13.8 Å². The number of nitrogens with two attached hydrogens (primary N) is 1. The summed E-state index contributed by atoms with van der Waals surface area (Å²) in [7, 11) is 0. The van der Waals surface area contributed by atoms with E-state index in [0.717, 1.165) is 6.61 Å². The average Bonchev–Trinajstić information content (AvgIpc) is 2.78. The molecule has 1 heterocycles. The lowest BCUT2D eigenvalue weighted by atomic mass is 9.76. The van der Waals surface area contributed by atoms with Crippen LogP contribution in [-0.2, 0) is 4.74 Å². The number of ether oxygens (including phenoxy) is 1. The lowest BCUT2D eigenvalue weighted by Gasteiger charge is -2.42. The Morgan fingerprint density at radius 3 is 2.47 bits per heavy atom. The van der Waals surface area contributed by atoms with Gasteiger partial charge < -0.3 is 10.5 Å². The topological polar surface area (TPSA) is 35.2 Å². The Bertz CT molecular complexity index is 231. The predicted octanol–water partition coefficient (Wildman–Crippen LogP) is 3.49. The first-order valence-corrected chi connectivity index (χ1v) is 7.60. The molecule has 2 unspecified atom stereocenters. The highest BCUT2D eigenvalue weighted by Crippen LogP contribution is 2.43. The summed E-state index contributed by atoms with van der Waals surface area (Å²) in [5.74, 6) is 1.41. The molecule has 2 N–H and O–H groups in total. The van der Waals surface area contributed by atoms with E-state index >= 15 is 0 Å². The van der Waals surface area contributed by atoms with Crippen molar-refractivity contribution in [1.29, 1.82) is 0 Å². The highest BCUT2D eigenvalue weighted by molar-refractivity contribution is 4.94. The molecule has 2 atom stereocenters. The molecule has 0 aromatic rings. The molecule has 0 bridgehead atoms. The largest absolute Gasteiger partial charge is 0.375 e. The van der Waals surface area contributed by atoms with Crippen LogP contribution in [0.3, 0.4) is 0 Å². The summed E-state index contributed by atoms with van der Waals surface area (Å²) in [4.78, 5) is 0. The molecule has 0 radical (unpaired) electrons. The molecular formula is C15H29NO. The molecule has 1 saturated heterocycles. The van der Waals surface area contributed by atoms with Crippen LogP contribution >= 0.6 is 0 Å². The first-order chi connectivity index (χ1) is 8.21. The van der Waals surface area contributed by atoms with Crippen molar-refractivity contribution < 1.29 is 4.74 Å². The van der Waals surface area contributed by atoms with Gasteiger partial charge in [-0.05, 0) is 37.5 Å². The van der Waals surface area contributed by atoms with Crippen LogP contribution < -0.4 is 5.73 Å². The number of hydrogen-bond acceptors (Lipinski definition) is 2. The van der Waals surface area contributed by atoms with E-state index < -0.39 is 0 Å². The molecule has 0 aromatic carbocycles. The summed E-state index contributed by atoms with van der Waals surface area (Å²) in [6.07, 6.45) is 10.1. The lowest BCUT2D eigenvalue weighted by Crippen LogP contribution is -2.46. The molecule has 1 aliphatic heterocycles. The second-order valence-electron chi connectivity index (χ2n) is 6.15. The summed E-state index contributed by atoms with van der Waals surface area (Å²) in [6.45, 7) is 5.50. The quantitative estimate of drug-likeness (QED) is 0.815. The summed E-state index contributed by atoms with van der Waals surface area (Å²) >= 11 is 0. The molecule has 2 fully saturated rings. The number of hydrogen-bond donors (Lipinski definition) is 1. The Labute approximate surface area is 106 Å². The zero-order chi connectivity index (χ0) is 12.3. The molecule has 0 aromatic heterocycles. The fourth-order valence-corrected chi connectivity index (χ4v) is 3.98. The minimum Gasteiger partial charge on any atom is -0.375 e. The molecule has 2 heteroatoms. The van der Waals surface area contributed by atoms with Crippen molar-refractivity contribution in [2.75, 3.05) is 6.61 Å². The third-order valence-electron chi connectivity index (χ3n) is 5.18. The average molecular weight is 239 g/mol. The van der Waals surface area contributed by atoms with Gasteiger partial charge in [-0.1, -0.05) is 39.5 Å². The standard InChI is InChI=1S/C15H29NO/c1-3-12(4-2)14(16)13-7-10-17-15(11-13)8-5-6-9-15/h12-14H,3-11,16H2,1-2H3. The van der Waals surface area contributed by atoms with E-state index in [1.807, 2.05) is 0 Å². The molecule has 1 saturated carbocycles. The molecule has 17 heavy (non-hydrogen) atoms. The fraction of sp³-hybridized carbons (Fsp3) is 1.00. The van der Waals surface area contributed by atoms with Crippen LogP contribution in [-0.4, -0.2) is 18.2 Å². The van der Waals surface area contributed by atoms with Gasteiger partial charge in [0.15, 0.2) is 0 Å². The minimum atomic E-state index is 0.229. The van der Waals surface area contributed by atoms with Crippen LogP contribution in [0.25, 0.3) is 0 Å². The normalized spacial score (nSPS) is 30.0. The molecule has 2 nitrogen and oxygen atoms in total. The van der Waals surface area contributed by atoms with E-state index in [9.17, 15) is 0 Å². The van der Waals surface area contributed by atoms with Crippen molar-refractivity contribution in [3.8, 4) is 0 Å². The van der Waals surface area contributed by atoms with Crippen LogP contribution in [0.15, 0.2) is 0 Å². The predicted molar refractivity (Wildman–Crippen MR) is 71.9 cm³/mol. The van der Waals surface area contributed by atoms with Crippen molar-refractivity contribution in [3.05, 3.63) is 0 Å². The molecule has 1 aliphatic carbocycles. The Morgan fingerprint density at radius 2 is 1.88 bits per heavy atom. The Balaban J connectivity index is 1.96. The van der Waals surface area contributed by atoms with Crippen LogP contribution in [0.2, 0.25) is 0 Å². The number of rotatable bonds is 4. The van der Waals surface area contributed by atoms with E-state index in [1.54, 1.807) is 0 Å². The Hall–Kier alpha value is -0.0800. The first-order valence-electron chi connectivity index (χ1n) is 7.60. The summed E-state index contributed by atoms with van der Waals surface area (Å²) < 4.78 is 6.10. The maximum Gasteiger partial charge on any atom is 0.0685 e. The van der Waals surface area contributed by atoms with Gasteiger partial charge in [0.2, 0.25) is 0 Å². The maximum absolute atomic E-state index is 6.51. The van der Waals surface area contributed by atoms with Gasteiger partial charge in [0, 0.05) is 12.6 Å². The van der Waals surface area contributed by atoms with E-state index in [4.69, 9.17) is 10.5 Å². The monoisotopic (exact) mass is 239 g/mol. The highest BCUT2D eigenvalue weighted by atomic mass is 16.5. The van der Waals surface area contributed by atoms with Gasteiger partial charge in [0.1, 0.15) is 0 Å². The second-order valence-corrected chi connectivity index (χ2v) is 6.15. The van der Waals surface area contributed by atoms with Crippen LogP contribution in [0.1, 0.15) is 65.2 Å². The van der Waals surface area contributed by atoms with Crippen LogP contribution in [0.5, 0.6) is 0 Å². The van der Waals surface area contributed by atoms with Gasteiger partial charge >= 0.3 is 0 Å². The Morgan fingerprint density at radius 1 is 1.24 bits per heavy atom. The lowest BCUT2D eigenvalue weighted by molar-refractivity contribution is -0.0988. The van der Waals surface area contributed by atoms with Crippen LogP contribution in [0.4, 0.5) is 0 Å². The van der Waals surface area contributed by atoms with E-state index in [1.165, 1.54) is 51.4 Å². The molecular weight excluding hydrogens is 210 g/mol. The highest BCUT2D eigenvalue weighted by Gasteiger charge is 2.42. The van der Waals surface area contributed by atoms with Gasteiger partial charge in [-0.25, -0.2) is 0 Å². The SMILES string of the molecule is CCC(CC)C(N)C1CCOC2(CCCC2)C1. The third kappa shape index (κ3) is 2.85. The zero-order valence-electron chi connectivity index (χ0n) is 11.6. The smallest absolute Gasteiger partial charge is 0.0685 e. The Kier molecular flexibility index (Phi) is 4.48. The maximum atomic E-state index is 6.51. The van der Waals surface area contributed by atoms with E-state index in [-0.39, 0.29) is 5.60 Å². The van der Waals surface area contributed by atoms with Crippen molar-refractivity contribution >= 4 is 0 Å². The summed E-state index contributed by atoms with van der Waals surface area (Å²) in [5, 5.41) is 0. The minimum absolute atomic E-state index is 0.229. The van der Waals surface area contributed by atoms with Crippen molar-refractivity contribution in [2.24, 2.45) is 17.6 Å². The van der Waals surface area contributed by atoms with Crippen molar-refractivity contribution in [3.63, 3.8) is 0 Å². The second kappa shape index (κ2) is 5.71. The van der Waals surface area contributed by atoms with Gasteiger partial charge in [-0.15, -0.1) is 0 Å². The molecule has 2 rings (SSSR count). The zero-order valence-corrected chi connectivity index (χ0v) is 11.6. The molecule has 100 valence electrons. The molecule has 2 aliphatic rings. The third-order valence-corrected chi connectivity index (χ3v) is 5.18. The van der Waals surface area contributed by atoms with Crippen molar-refractivity contribution in [2.45, 2.75) is 76.9 Å². The van der Waals surface area contributed by atoms with Gasteiger partial charge in [0.05, 0.1) is 5.60 Å². The summed E-state index contributed by atoms with van der Waals surface area (Å²) in [6, 6.07) is 0.395. The van der Waals surface area contributed by atoms with Gasteiger partial charge in [-0.2, -0.15) is 0 Å². The van der Waals surface area contributed by atoms with Gasteiger partial charge in [-0.3, -0.25) is 0 Å².